The normalized spacial score (nSPS) is 13.2. The van der Waals surface area contributed by atoms with Gasteiger partial charge in [0.25, 0.3) is 0 Å². The van der Waals surface area contributed by atoms with Gasteiger partial charge in [-0.15, -0.1) is 0 Å². The van der Waals surface area contributed by atoms with Crippen LogP contribution in [-0.2, 0) is 0 Å². The van der Waals surface area contributed by atoms with Gasteiger partial charge in [0.2, 0.25) is 0 Å². The van der Waals surface area contributed by atoms with Crippen molar-refractivity contribution < 1.29 is 4.39 Å². The zero-order chi connectivity index (χ0) is 12.7. The molecule has 0 radical (unpaired) electrons. The first kappa shape index (κ1) is 14.2. The van der Waals surface area contributed by atoms with Gasteiger partial charge in [-0.05, 0) is 38.1 Å². The number of hydrogen-bond acceptors (Lipinski definition) is 2. The van der Waals surface area contributed by atoms with E-state index in [9.17, 15) is 4.39 Å². The molecule has 0 fully saturated rings. The second-order valence-electron chi connectivity index (χ2n) is 3.77. The summed E-state index contributed by atoms with van der Waals surface area (Å²) in [4.78, 5) is 0. The number of allylic oxidation sites excluding steroid dienone is 1. The molecule has 0 saturated carbocycles. The fraction of sp³-hybridized carbons (Fsp3) is 0.385. The SMILES string of the molecule is C/C=C/CCNC(CN)c1cc(Cl)ccc1F. The molecular formula is C13H18ClFN2. The van der Waals surface area contributed by atoms with Crippen LogP contribution >= 0.6 is 11.6 Å². The Morgan fingerprint density at radius 3 is 2.94 bits per heavy atom. The van der Waals surface area contributed by atoms with E-state index < -0.39 is 0 Å². The van der Waals surface area contributed by atoms with Crippen molar-refractivity contribution in [2.75, 3.05) is 13.1 Å². The van der Waals surface area contributed by atoms with Crippen LogP contribution in [0.4, 0.5) is 4.39 Å². The minimum atomic E-state index is -0.275. The van der Waals surface area contributed by atoms with Crippen LogP contribution < -0.4 is 11.1 Å². The van der Waals surface area contributed by atoms with Gasteiger partial charge < -0.3 is 11.1 Å². The standard InChI is InChI=1S/C13H18ClFN2/c1-2-3-4-7-17-13(9-16)11-8-10(14)5-6-12(11)15/h2-3,5-6,8,13,17H,4,7,9,16H2,1H3/b3-2+. The second kappa shape index (κ2) is 7.43. The van der Waals surface area contributed by atoms with E-state index in [4.69, 9.17) is 17.3 Å². The highest BCUT2D eigenvalue weighted by Gasteiger charge is 2.13. The van der Waals surface area contributed by atoms with Gasteiger partial charge in [-0.3, -0.25) is 0 Å². The third-order valence-corrected chi connectivity index (χ3v) is 2.74. The predicted molar refractivity (Wildman–Crippen MR) is 70.6 cm³/mol. The zero-order valence-corrected chi connectivity index (χ0v) is 10.7. The minimum absolute atomic E-state index is 0.195. The van der Waals surface area contributed by atoms with Crippen LogP contribution in [0.5, 0.6) is 0 Å². The summed E-state index contributed by atoms with van der Waals surface area (Å²) in [7, 11) is 0. The Morgan fingerprint density at radius 2 is 2.29 bits per heavy atom. The van der Waals surface area contributed by atoms with Gasteiger partial charge in [0, 0.05) is 23.2 Å². The summed E-state index contributed by atoms with van der Waals surface area (Å²) in [6, 6.07) is 4.33. The first-order chi connectivity index (χ1) is 8.19. The van der Waals surface area contributed by atoms with Gasteiger partial charge >= 0.3 is 0 Å². The molecule has 3 N–H and O–H groups in total. The van der Waals surface area contributed by atoms with E-state index in [0.717, 1.165) is 13.0 Å². The van der Waals surface area contributed by atoms with Crippen LogP contribution in [0.3, 0.4) is 0 Å². The summed E-state index contributed by atoms with van der Waals surface area (Å²) in [5.74, 6) is -0.275. The lowest BCUT2D eigenvalue weighted by molar-refractivity contribution is 0.511. The minimum Gasteiger partial charge on any atom is -0.329 e. The van der Waals surface area contributed by atoms with Crippen molar-refractivity contribution in [2.45, 2.75) is 19.4 Å². The lowest BCUT2D eigenvalue weighted by Crippen LogP contribution is -2.29. The molecule has 0 aliphatic rings. The Hall–Kier alpha value is -0.900. The first-order valence-electron chi connectivity index (χ1n) is 5.68. The maximum absolute atomic E-state index is 13.6. The lowest BCUT2D eigenvalue weighted by Gasteiger charge is -2.17. The highest BCUT2D eigenvalue weighted by atomic mass is 35.5. The van der Waals surface area contributed by atoms with E-state index in [0.29, 0.717) is 17.1 Å². The summed E-state index contributed by atoms with van der Waals surface area (Å²) >= 11 is 5.86. The molecule has 17 heavy (non-hydrogen) atoms. The van der Waals surface area contributed by atoms with Crippen molar-refractivity contribution in [1.29, 1.82) is 0 Å². The fourth-order valence-electron chi connectivity index (χ4n) is 1.61. The van der Waals surface area contributed by atoms with Crippen molar-refractivity contribution in [2.24, 2.45) is 5.73 Å². The van der Waals surface area contributed by atoms with Crippen LogP contribution in [0, 0.1) is 5.82 Å². The van der Waals surface area contributed by atoms with Gasteiger partial charge in [-0.1, -0.05) is 23.8 Å². The van der Waals surface area contributed by atoms with Gasteiger partial charge in [0.1, 0.15) is 5.82 Å². The van der Waals surface area contributed by atoms with E-state index in [1.165, 1.54) is 12.1 Å². The number of hydrogen-bond donors (Lipinski definition) is 2. The number of nitrogens with two attached hydrogens (primary N) is 1. The molecule has 0 heterocycles. The molecular weight excluding hydrogens is 239 g/mol. The predicted octanol–water partition coefficient (Wildman–Crippen LogP) is 3.03. The Morgan fingerprint density at radius 1 is 1.53 bits per heavy atom. The molecule has 2 nitrogen and oxygen atoms in total. The van der Waals surface area contributed by atoms with Crippen molar-refractivity contribution >= 4 is 11.6 Å². The molecule has 0 aliphatic heterocycles. The Labute approximate surface area is 107 Å². The van der Waals surface area contributed by atoms with Crippen LogP contribution in [0.15, 0.2) is 30.4 Å². The maximum Gasteiger partial charge on any atom is 0.128 e. The molecule has 1 aromatic rings. The molecule has 1 rings (SSSR count). The van der Waals surface area contributed by atoms with Crippen LogP contribution in [0.25, 0.3) is 0 Å². The molecule has 1 atom stereocenters. The molecule has 0 amide bonds. The highest BCUT2D eigenvalue weighted by molar-refractivity contribution is 6.30. The molecule has 0 bridgehead atoms. The number of halogens is 2. The largest absolute Gasteiger partial charge is 0.329 e. The summed E-state index contributed by atoms with van der Waals surface area (Å²) in [6.07, 6.45) is 4.93. The van der Waals surface area contributed by atoms with Gasteiger partial charge in [0.05, 0.1) is 0 Å². The van der Waals surface area contributed by atoms with Gasteiger partial charge in [-0.25, -0.2) is 4.39 Å². The molecule has 1 aromatic carbocycles. The van der Waals surface area contributed by atoms with Gasteiger partial charge in [0.15, 0.2) is 0 Å². The average molecular weight is 257 g/mol. The van der Waals surface area contributed by atoms with Gasteiger partial charge in [-0.2, -0.15) is 0 Å². The third kappa shape index (κ3) is 4.46. The van der Waals surface area contributed by atoms with Crippen molar-refractivity contribution in [1.82, 2.24) is 5.32 Å². The third-order valence-electron chi connectivity index (χ3n) is 2.51. The topological polar surface area (TPSA) is 38.0 Å². The number of rotatable bonds is 6. The quantitative estimate of drug-likeness (QED) is 0.607. The van der Waals surface area contributed by atoms with Crippen molar-refractivity contribution in [3.05, 3.63) is 46.8 Å². The first-order valence-corrected chi connectivity index (χ1v) is 6.06. The molecule has 94 valence electrons. The molecule has 0 spiro atoms. The molecule has 4 heteroatoms. The Balaban J connectivity index is 2.68. The smallest absolute Gasteiger partial charge is 0.128 e. The molecule has 0 aliphatic carbocycles. The molecule has 0 saturated heterocycles. The van der Waals surface area contributed by atoms with Crippen LogP contribution in [0.2, 0.25) is 5.02 Å². The summed E-state index contributed by atoms with van der Waals surface area (Å²) in [5, 5.41) is 3.74. The summed E-state index contributed by atoms with van der Waals surface area (Å²) in [5.41, 5.74) is 6.18. The van der Waals surface area contributed by atoms with E-state index in [1.807, 2.05) is 13.0 Å². The van der Waals surface area contributed by atoms with Crippen molar-refractivity contribution in [3.8, 4) is 0 Å². The fourth-order valence-corrected chi connectivity index (χ4v) is 1.79. The average Bonchev–Trinajstić information content (AvgIpc) is 2.33. The van der Waals surface area contributed by atoms with E-state index in [1.54, 1.807) is 6.07 Å². The Bertz CT molecular complexity index is 380. The van der Waals surface area contributed by atoms with E-state index in [-0.39, 0.29) is 11.9 Å². The molecule has 1 unspecified atom stereocenters. The van der Waals surface area contributed by atoms with Crippen molar-refractivity contribution in [3.63, 3.8) is 0 Å². The lowest BCUT2D eigenvalue weighted by atomic mass is 10.1. The van der Waals surface area contributed by atoms with Crippen LogP contribution in [-0.4, -0.2) is 13.1 Å². The van der Waals surface area contributed by atoms with E-state index in [2.05, 4.69) is 11.4 Å². The Kier molecular flexibility index (Phi) is 6.19. The second-order valence-corrected chi connectivity index (χ2v) is 4.20. The molecule has 0 aromatic heterocycles. The summed E-state index contributed by atoms with van der Waals surface area (Å²) < 4.78 is 13.6. The zero-order valence-electron chi connectivity index (χ0n) is 9.92. The monoisotopic (exact) mass is 256 g/mol. The number of nitrogens with one attached hydrogen (secondary N) is 1. The summed E-state index contributed by atoms with van der Waals surface area (Å²) in [6.45, 7) is 3.07. The maximum atomic E-state index is 13.6. The number of benzene rings is 1. The van der Waals surface area contributed by atoms with E-state index >= 15 is 0 Å². The highest BCUT2D eigenvalue weighted by Crippen LogP contribution is 2.20. The van der Waals surface area contributed by atoms with Crippen LogP contribution in [0.1, 0.15) is 24.9 Å².